The Hall–Kier alpha value is -2.83. The number of nitrogens with zero attached hydrogens (tertiary/aromatic N) is 3. The molecule has 7 heteroatoms. The van der Waals surface area contributed by atoms with Crippen LogP contribution < -0.4 is 14.8 Å². The van der Waals surface area contributed by atoms with Gasteiger partial charge in [-0.25, -0.2) is 9.97 Å². The second-order valence-electron chi connectivity index (χ2n) is 6.45. The number of carbonyl (C=O) groups is 1. The van der Waals surface area contributed by atoms with E-state index in [9.17, 15) is 4.79 Å². The molecule has 1 saturated heterocycles. The Bertz CT molecular complexity index is 728. The topological polar surface area (TPSA) is 76.6 Å². The van der Waals surface area contributed by atoms with Gasteiger partial charge in [0.15, 0.2) is 0 Å². The summed E-state index contributed by atoms with van der Waals surface area (Å²) in [5, 5.41) is 3.18. The van der Waals surface area contributed by atoms with E-state index in [1.807, 2.05) is 29.2 Å². The maximum absolute atomic E-state index is 12.6. The van der Waals surface area contributed by atoms with Gasteiger partial charge in [0.1, 0.15) is 35.9 Å². The first-order valence-electron chi connectivity index (χ1n) is 9.38. The number of carbonyl (C=O) groups excluding carboxylic acids is 1. The predicted octanol–water partition coefficient (Wildman–Crippen LogP) is 2.99. The van der Waals surface area contributed by atoms with E-state index in [-0.39, 0.29) is 5.91 Å². The summed E-state index contributed by atoms with van der Waals surface area (Å²) in [6, 6.07) is 9.14. The lowest BCUT2D eigenvalue weighted by atomic mass is 10.2. The van der Waals surface area contributed by atoms with E-state index < -0.39 is 0 Å². The van der Waals surface area contributed by atoms with Crippen LogP contribution in [0.1, 0.15) is 36.2 Å². The maximum atomic E-state index is 12.6. The van der Waals surface area contributed by atoms with Gasteiger partial charge in [0.25, 0.3) is 5.91 Å². The van der Waals surface area contributed by atoms with Crippen molar-refractivity contribution >= 4 is 11.7 Å². The number of hydrogen-bond acceptors (Lipinski definition) is 6. The molecule has 3 rings (SSSR count). The summed E-state index contributed by atoms with van der Waals surface area (Å²) in [5.41, 5.74) is 0.436. The minimum Gasteiger partial charge on any atom is -0.497 e. The SMILES string of the molecule is COc1ccc(OCCNc2cc(C(=O)N3CCCCCC3)ncn2)cc1. The molecule has 0 saturated carbocycles. The van der Waals surface area contributed by atoms with Crippen molar-refractivity contribution < 1.29 is 14.3 Å². The van der Waals surface area contributed by atoms with E-state index in [1.54, 1.807) is 13.2 Å². The highest BCUT2D eigenvalue weighted by atomic mass is 16.5. The van der Waals surface area contributed by atoms with Crippen molar-refractivity contribution in [2.24, 2.45) is 0 Å². The van der Waals surface area contributed by atoms with Crippen molar-refractivity contribution in [1.29, 1.82) is 0 Å². The van der Waals surface area contributed by atoms with Gasteiger partial charge in [-0.3, -0.25) is 4.79 Å². The second-order valence-corrected chi connectivity index (χ2v) is 6.45. The van der Waals surface area contributed by atoms with Gasteiger partial charge in [0.2, 0.25) is 0 Å². The van der Waals surface area contributed by atoms with Crippen LogP contribution >= 0.6 is 0 Å². The Labute approximate surface area is 159 Å². The van der Waals surface area contributed by atoms with Crippen molar-refractivity contribution in [3.05, 3.63) is 42.4 Å². The van der Waals surface area contributed by atoms with E-state index in [4.69, 9.17) is 9.47 Å². The molecule has 0 bridgehead atoms. The molecule has 144 valence electrons. The van der Waals surface area contributed by atoms with Gasteiger partial charge in [-0.2, -0.15) is 0 Å². The summed E-state index contributed by atoms with van der Waals surface area (Å²) in [6.45, 7) is 2.66. The molecular weight excluding hydrogens is 344 g/mol. The Morgan fingerprint density at radius 2 is 1.78 bits per heavy atom. The molecule has 0 atom stereocenters. The summed E-state index contributed by atoms with van der Waals surface area (Å²) in [5.74, 6) is 2.18. The van der Waals surface area contributed by atoms with Crippen molar-refractivity contribution in [2.45, 2.75) is 25.7 Å². The van der Waals surface area contributed by atoms with E-state index in [1.165, 1.54) is 19.2 Å². The zero-order valence-electron chi connectivity index (χ0n) is 15.7. The van der Waals surface area contributed by atoms with Crippen LogP contribution in [0.4, 0.5) is 5.82 Å². The third kappa shape index (κ3) is 5.57. The van der Waals surface area contributed by atoms with Crippen LogP contribution in [-0.4, -0.2) is 54.1 Å². The minimum atomic E-state index is -0.0168. The number of likely N-dealkylation sites (tertiary alicyclic amines) is 1. The molecule has 1 amide bonds. The number of anilines is 1. The van der Waals surface area contributed by atoms with Gasteiger partial charge in [-0.1, -0.05) is 12.8 Å². The van der Waals surface area contributed by atoms with Crippen molar-refractivity contribution in [2.75, 3.05) is 38.7 Å². The van der Waals surface area contributed by atoms with E-state index in [0.717, 1.165) is 37.4 Å². The number of benzene rings is 1. The van der Waals surface area contributed by atoms with Crippen LogP contribution in [0.5, 0.6) is 11.5 Å². The standard InChI is InChI=1S/C20H26N4O3/c1-26-16-6-8-17(9-7-16)27-13-10-21-19-14-18(22-15-23-19)20(25)24-11-4-2-3-5-12-24/h6-9,14-15H,2-5,10-13H2,1H3,(H,21,22,23). The molecule has 27 heavy (non-hydrogen) atoms. The van der Waals surface area contributed by atoms with Gasteiger partial charge >= 0.3 is 0 Å². The van der Waals surface area contributed by atoms with E-state index >= 15 is 0 Å². The fraction of sp³-hybridized carbons (Fsp3) is 0.450. The Morgan fingerprint density at radius 1 is 1.07 bits per heavy atom. The highest BCUT2D eigenvalue weighted by molar-refractivity contribution is 5.92. The third-order valence-electron chi connectivity index (χ3n) is 4.52. The lowest BCUT2D eigenvalue weighted by molar-refractivity contribution is 0.0755. The highest BCUT2D eigenvalue weighted by Crippen LogP contribution is 2.17. The summed E-state index contributed by atoms with van der Waals surface area (Å²) in [6.07, 6.45) is 5.93. The highest BCUT2D eigenvalue weighted by Gasteiger charge is 2.18. The van der Waals surface area contributed by atoms with Gasteiger partial charge in [0.05, 0.1) is 13.7 Å². The van der Waals surface area contributed by atoms with Crippen LogP contribution in [0, 0.1) is 0 Å². The molecule has 0 spiro atoms. The fourth-order valence-electron chi connectivity index (χ4n) is 3.03. The molecule has 0 unspecified atom stereocenters. The Balaban J connectivity index is 1.48. The molecule has 0 aliphatic carbocycles. The van der Waals surface area contributed by atoms with E-state index in [0.29, 0.717) is 24.7 Å². The second kappa shape index (κ2) is 9.75. The molecule has 1 aliphatic heterocycles. The first-order valence-corrected chi connectivity index (χ1v) is 9.38. The molecule has 7 nitrogen and oxygen atoms in total. The number of methoxy groups -OCH3 is 1. The number of rotatable bonds is 7. The van der Waals surface area contributed by atoms with Crippen LogP contribution in [0.15, 0.2) is 36.7 Å². The number of hydrogen-bond donors (Lipinski definition) is 1. The van der Waals surface area contributed by atoms with Crippen LogP contribution in [0.3, 0.4) is 0 Å². The van der Waals surface area contributed by atoms with Gasteiger partial charge < -0.3 is 19.7 Å². The van der Waals surface area contributed by atoms with Gasteiger partial charge in [-0.15, -0.1) is 0 Å². The van der Waals surface area contributed by atoms with Crippen molar-refractivity contribution in [3.63, 3.8) is 0 Å². The van der Waals surface area contributed by atoms with Crippen LogP contribution in [-0.2, 0) is 0 Å². The Kier molecular flexibility index (Phi) is 6.84. The lowest BCUT2D eigenvalue weighted by Gasteiger charge is -2.19. The van der Waals surface area contributed by atoms with Gasteiger partial charge in [-0.05, 0) is 37.1 Å². The van der Waals surface area contributed by atoms with Gasteiger partial charge in [0, 0.05) is 19.2 Å². The maximum Gasteiger partial charge on any atom is 0.272 e. The molecule has 1 fully saturated rings. The smallest absolute Gasteiger partial charge is 0.272 e. The molecule has 1 aromatic carbocycles. The molecule has 1 aliphatic rings. The minimum absolute atomic E-state index is 0.0168. The number of amides is 1. The summed E-state index contributed by atoms with van der Waals surface area (Å²) < 4.78 is 10.8. The van der Waals surface area contributed by atoms with Crippen LogP contribution in [0.2, 0.25) is 0 Å². The molecule has 1 aromatic heterocycles. The number of nitrogens with one attached hydrogen (secondary N) is 1. The summed E-state index contributed by atoms with van der Waals surface area (Å²) in [4.78, 5) is 22.9. The summed E-state index contributed by atoms with van der Waals surface area (Å²) in [7, 11) is 1.63. The molecular formula is C20H26N4O3. The molecule has 0 radical (unpaired) electrons. The largest absolute Gasteiger partial charge is 0.497 e. The van der Waals surface area contributed by atoms with E-state index in [2.05, 4.69) is 15.3 Å². The quantitative estimate of drug-likeness (QED) is 0.755. The Morgan fingerprint density at radius 3 is 2.48 bits per heavy atom. The predicted molar refractivity (Wildman–Crippen MR) is 103 cm³/mol. The third-order valence-corrected chi connectivity index (χ3v) is 4.52. The van der Waals surface area contributed by atoms with Crippen molar-refractivity contribution in [1.82, 2.24) is 14.9 Å². The lowest BCUT2D eigenvalue weighted by Crippen LogP contribution is -2.32. The average molecular weight is 370 g/mol. The summed E-state index contributed by atoms with van der Waals surface area (Å²) >= 11 is 0. The molecule has 2 aromatic rings. The zero-order chi connectivity index (χ0) is 18.9. The number of ether oxygens (including phenoxy) is 2. The van der Waals surface area contributed by atoms with Crippen molar-refractivity contribution in [3.8, 4) is 11.5 Å². The van der Waals surface area contributed by atoms with Crippen LogP contribution in [0.25, 0.3) is 0 Å². The average Bonchev–Trinajstić information content (AvgIpc) is 3.01. The number of aromatic nitrogens is 2. The first kappa shape index (κ1) is 18.9. The monoisotopic (exact) mass is 370 g/mol. The first-order chi connectivity index (χ1) is 13.3. The fourth-order valence-corrected chi connectivity index (χ4v) is 3.03. The molecule has 1 N–H and O–H groups in total. The molecule has 2 heterocycles. The zero-order valence-corrected chi connectivity index (χ0v) is 15.7. The normalized spacial score (nSPS) is 14.3.